The predicted octanol–water partition coefficient (Wildman–Crippen LogP) is 5.07. The van der Waals surface area contributed by atoms with Gasteiger partial charge in [-0.2, -0.15) is 10.2 Å². The number of hydrogen-bond donors (Lipinski definition) is 0. The fourth-order valence-corrected chi connectivity index (χ4v) is 7.79. The summed E-state index contributed by atoms with van der Waals surface area (Å²) in [6, 6.07) is 21.5. The van der Waals surface area contributed by atoms with Gasteiger partial charge in [0.15, 0.2) is 5.79 Å². The van der Waals surface area contributed by atoms with Crippen LogP contribution in [0.2, 0.25) is 10.0 Å². The SMILES string of the molecule is Cc1nn(CC2COC(C)(C)O2)c(=O)n1-c1ccc(N2CCN(c3ccc(OCC4COC(Cn5cncn5)(c5ccc(Cl)cc5Cl)O4)cc3)CC2)cc1. The number of ether oxygens (including phenoxy) is 5. The lowest BCUT2D eigenvalue weighted by Gasteiger charge is -2.37. The number of piperazine rings is 1. The lowest BCUT2D eigenvalue weighted by Crippen LogP contribution is -2.46. The molecule has 0 radical (unpaired) electrons. The van der Waals surface area contributed by atoms with E-state index in [1.165, 1.54) is 11.0 Å². The van der Waals surface area contributed by atoms with E-state index in [0.29, 0.717) is 47.8 Å². The fraction of sp³-hybridized carbons (Fsp3) is 0.421. The quantitative estimate of drug-likeness (QED) is 0.179. The van der Waals surface area contributed by atoms with Crippen LogP contribution >= 0.6 is 23.2 Å². The molecule has 0 N–H and O–H groups in total. The van der Waals surface area contributed by atoms with Crippen molar-refractivity contribution >= 4 is 34.6 Å². The van der Waals surface area contributed by atoms with Gasteiger partial charge in [-0.05, 0) is 81.4 Å². The zero-order valence-corrected chi connectivity index (χ0v) is 31.8. The highest BCUT2D eigenvalue weighted by molar-refractivity contribution is 6.35. The standard InChI is InChI=1S/C38H42Cl2N8O6/c1-26-43-47(19-32-21-51-37(2,3)53-32)36(49)48(26)30-7-5-28(6-8-30)44-14-16-45(17-15-44)29-9-11-31(12-10-29)50-20-33-22-52-38(54-33,23-46-25-41-24-42-46)34-13-4-27(39)18-35(34)40/h4-13,18,24-25,32-33H,14-17,19-23H2,1-3H3. The van der Waals surface area contributed by atoms with Crippen LogP contribution in [0.5, 0.6) is 5.75 Å². The summed E-state index contributed by atoms with van der Waals surface area (Å²) < 4.78 is 35.2. The molecule has 5 heterocycles. The van der Waals surface area contributed by atoms with Crippen LogP contribution in [0.25, 0.3) is 5.69 Å². The molecule has 8 rings (SSSR count). The minimum absolute atomic E-state index is 0.194. The molecule has 54 heavy (non-hydrogen) atoms. The molecule has 0 spiro atoms. The molecule has 3 aliphatic heterocycles. The monoisotopic (exact) mass is 776 g/mol. The molecule has 0 saturated carbocycles. The first-order valence-corrected chi connectivity index (χ1v) is 18.7. The largest absolute Gasteiger partial charge is 0.491 e. The molecule has 3 fully saturated rings. The molecule has 3 aliphatic rings. The second kappa shape index (κ2) is 15.0. The summed E-state index contributed by atoms with van der Waals surface area (Å²) in [5, 5.41) is 9.70. The highest BCUT2D eigenvalue weighted by Gasteiger charge is 2.45. The molecule has 3 aromatic carbocycles. The average Bonchev–Trinajstić information content (AvgIpc) is 3.96. The van der Waals surface area contributed by atoms with E-state index < -0.39 is 11.6 Å². The van der Waals surface area contributed by atoms with Crippen molar-refractivity contribution in [2.45, 2.75) is 57.6 Å². The predicted molar refractivity (Wildman–Crippen MR) is 203 cm³/mol. The van der Waals surface area contributed by atoms with Crippen molar-refractivity contribution in [3.05, 3.63) is 111 Å². The van der Waals surface area contributed by atoms with Gasteiger partial charge < -0.3 is 33.5 Å². The van der Waals surface area contributed by atoms with E-state index in [4.69, 9.17) is 46.9 Å². The first-order valence-electron chi connectivity index (χ1n) is 18.0. The van der Waals surface area contributed by atoms with E-state index in [2.05, 4.69) is 49.2 Å². The number of aryl methyl sites for hydroxylation is 1. The molecular formula is C38H42Cl2N8O6. The van der Waals surface area contributed by atoms with E-state index in [-0.39, 0.29) is 24.4 Å². The molecule has 0 bridgehead atoms. The number of rotatable bonds is 11. The third-order valence-electron chi connectivity index (χ3n) is 9.87. The van der Waals surface area contributed by atoms with Crippen LogP contribution in [0, 0.1) is 6.92 Å². The summed E-state index contributed by atoms with van der Waals surface area (Å²) in [5.41, 5.74) is 3.49. The zero-order valence-electron chi connectivity index (χ0n) is 30.3. The van der Waals surface area contributed by atoms with Crippen molar-refractivity contribution < 1.29 is 23.7 Å². The van der Waals surface area contributed by atoms with Crippen molar-refractivity contribution in [2.75, 3.05) is 55.8 Å². The third kappa shape index (κ3) is 7.72. The van der Waals surface area contributed by atoms with Crippen molar-refractivity contribution in [1.29, 1.82) is 0 Å². The lowest BCUT2D eigenvalue weighted by atomic mass is 10.1. The summed E-state index contributed by atoms with van der Waals surface area (Å²) in [5.74, 6) is -0.456. The van der Waals surface area contributed by atoms with Gasteiger partial charge >= 0.3 is 5.69 Å². The number of benzene rings is 3. The Bertz CT molecular complexity index is 2120. The Morgan fingerprint density at radius 2 is 1.52 bits per heavy atom. The summed E-state index contributed by atoms with van der Waals surface area (Å²) in [7, 11) is 0. The van der Waals surface area contributed by atoms with Crippen LogP contribution in [0.15, 0.2) is 84.2 Å². The van der Waals surface area contributed by atoms with Gasteiger partial charge in [0, 0.05) is 48.1 Å². The van der Waals surface area contributed by atoms with E-state index >= 15 is 0 Å². The molecule has 0 aliphatic carbocycles. The molecule has 284 valence electrons. The maximum atomic E-state index is 13.3. The van der Waals surface area contributed by atoms with Gasteiger partial charge in [-0.1, -0.05) is 29.3 Å². The molecule has 16 heteroatoms. The molecule has 14 nitrogen and oxygen atoms in total. The first-order chi connectivity index (χ1) is 26.0. The van der Waals surface area contributed by atoms with Crippen LogP contribution in [-0.4, -0.2) is 93.1 Å². The van der Waals surface area contributed by atoms with Crippen LogP contribution in [0.1, 0.15) is 25.2 Å². The molecule has 3 unspecified atom stereocenters. The highest BCUT2D eigenvalue weighted by atomic mass is 35.5. The van der Waals surface area contributed by atoms with Crippen LogP contribution in [-0.2, 0) is 37.8 Å². The molecule has 3 atom stereocenters. The first kappa shape index (κ1) is 36.5. The van der Waals surface area contributed by atoms with E-state index in [0.717, 1.165) is 49.0 Å². The Morgan fingerprint density at radius 1 is 0.852 bits per heavy atom. The highest BCUT2D eigenvalue weighted by Crippen LogP contribution is 2.40. The van der Waals surface area contributed by atoms with Gasteiger partial charge in [0.2, 0.25) is 5.79 Å². The number of aromatic nitrogens is 6. The van der Waals surface area contributed by atoms with Crippen molar-refractivity contribution in [1.82, 2.24) is 29.1 Å². The van der Waals surface area contributed by atoms with E-state index in [9.17, 15) is 4.79 Å². The van der Waals surface area contributed by atoms with E-state index in [1.807, 2.05) is 51.1 Å². The van der Waals surface area contributed by atoms with E-state index in [1.54, 1.807) is 27.7 Å². The Hall–Kier alpha value is -4.44. The maximum Gasteiger partial charge on any atom is 0.350 e. The second-order valence-corrected chi connectivity index (χ2v) is 15.0. The topological polar surface area (TPSA) is 123 Å². The van der Waals surface area contributed by atoms with Gasteiger partial charge in [0.05, 0.1) is 30.5 Å². The van der Waals surface area contributed by atoms with Crippen molar-refractivity contribution in [3.8, 4) is 11.4 Å². The minimum Gasteiger partial charge on any atom is -0.491 e. The minimum atomic E-state index is -1.17. The molecule has 3 saturated heterocycles. The summed E-state index contributed by atoms with van der Waals surface area (Å²) in [6.45, 7) is 10.7. The van der Waals surface area contributed by atoms with Crippen molar-refractivity contribution in [3.63, 3.8) is 0 Å². The molecule has 2 aromatic heterocycles. The lowest BCUT2D eigenvalue weighted by molar-refractivity contribution is -0.190. The van der Waals surface area contributed by atoms with Crippen LogP contribution in [0.3, 0.4) is 0 Å². The Kier molecular flexibility index (Phi) is 10.2. The van der Waals surface area contributed by atoms with Crippen LogP contribution < -0.4 is 20.2 Å². The summed E-state index contributed by atoms with van der Waals surface area (Å²) in [6.07, 6.45) is 2.51. The normalized spacial score (nSPS) is 22.6. The van der Waals surface area contributed by atoms with Crippen LogP contribution in [0.4, 0.5) is 11.4 Å². The van der Waals surface area contributed by atoms with Gasteiger partial charge in [-0.15, -0.1) is 0 Å². The molecular weight excluding hydrogens is 735 g/mol. The zero-order chi connectivity index (χ0) is 37.5. The van der Waals surface area contributed by atoms with Gasteiger partial charge in [-0.25, -0.2) is 23.7 Å². The maximum absolute atomic E-state index is 13.3. The number of halogens is 2. The third-order valence-corrected chi connectivity index (χ3v) is 10.4. The smallest absolute Gasteiger partial charge is 0.350 e. The molecule has 0 amide bonds. The van der Waals surface area contributed by atoms with Gasteiger partial charge in [0.25, 0.3) is 0 Å². The Morgan fingerprint density at radius 3 is 2.15 bits per heavy atom. The van der Waals surface area contributed by atoms with Crippen molar-refractivity contribution in [2.24, 2.45) is 0 Å². The molecule has 5 aromatic rings. The Balaban J connectivity index is 0.840. The number of anilines is 2. The Labute approximate surface area is 322 Å². The second-order valence-electron chi connectivity index (χ2n) is 14.1. The number of hydrogen-bond acceptors (Lipinski definition) is 11. The average molecular weight is 778 g/mol. The summed E-state index contributed by atoms with van der Waals surface area (Å²) >= 11 is 12.8. The van der Waals surface area contributed by atoms with Gasteiger partial charge in [0.1, 0.15) is 49.6 Å². The number of nitrogens with zero attached hydrogens (tertiary/aromatic N) is 8. The fourth-order valence-electron chi connectivity index (χ4n) is 7.24. The van der Waals surface area contributed by atoms with Gasteiger partial charge in [-0.3, -0.25) is 0 Å². The summed E-state index contributed by atoms with van der Waals surface area (Å²) in [4.78, 5) is 22.1.